The van der Waals surface area contributed by atoms with Crippen LogP contribution in [0.2, 0.25) is 0 Å². The van der Waals surface area contributed by atoms with Gasteiger partial charge in [0.05, 0.1) is 0 Å². The van der Waals surface area contributed by atoms with E-state index in [1.165, 1.54) is 12.8 Å². The van der Waals surface area contributed by atoms with E-state index >= 15 is 0 Å². The molecule has 1 aliphatic carbocycles. The van der Waals surface area contributed by atoms with Crippen molar-refractivity contribution in [3.63, 3.8) is 0 Å². The van der Waals surface area contributed by atoms with Crippen molar-refractivity contribution in [2.75, 3.05) is 11.1 Å². The van der Waals surface area contributed by atoms with Gasteiger partial charge in [-0.3, -0.25) is 4.79 Å². The highest BCUT2D eigenvalue weighted by Gasteiger charge is 2.32. The van der Waals surface area contributed by atoms with Crippen molar-refractivity contribution in [1.82, 2.24) is 0 Å². The van der Waals surface area contributed by atoms with Crippen LogP contribution in [0.4, 0.5) is 11.4 Å². The molecular formula is C14H20N2O. The highest BCUT2D eigenvalue weighted by Crippen LogP contribution is 2.37. The average Bonchev–Trinajstić information content (AvgIpc) is 3.12. The van der Waals surface area contributed by atoms with E-state index < -0.39 is 0 Å². The summed E-state index contributed by atoms with van der Waals surface area (Å²) >= 11 is 0. The fourth-order valence-electron chi connectivity index (χ4n) is 2.10. The lowest BCUT2D eigenvalue weighted by atomic mass is 10.0. The average molecular weight is 232 g/mol. The molecule has 1 saturated carbocycles. The van der Waals surface area contributed by atoms with E-state index in [4.69, 9.17) is 5.73 Å². The molecule has 17 heavy (non-hydrogen) atoms. The fourth-order valence-corrected chi connectivity index (χ4v) is 2.10. The monoisotopic (exact) mass is 232 g/mol. The molecule has 3 N–H and O–H groups in total. The van der Waals surface area contributed by atoms with E-state index in [1.54, 1.807) is 0 Å². The maximum Gasteiger partial charge on any atom is 0.227 e. The van der Waals surface area contributed by atoms with Gasteiger partial charge in [0.1, 0.15) is 0 Å². The molecule has 0 aromatic heterocycles. The molecule has 1 aromatic carbocycles. The summed E-state index contributed by atoms with van der Waals surface area (Å²) in [6, 6.07) is 3.82. The summed E-state index contributed by atoms with van der Waals surface area (Å²) < 4.78 is 0. The van der Waals surface area contributed by atoms with Crippen molar-refractivity contribution in [3.8, 4) is 0 Å². The zero-order valence-electron chi connectivity index (χ0n) is 10.7. The first-order chi connectivity index (χ1) is 8.00. The summed E-state index contributed by atoms with van der Waals surface area (Å²) in [6.07, 6.45) is 2.37. The van der Waals surface area contributed by atoms with Crippen LogP contribution in [0.15, 0.2) is 12.1 Å². The maximum absolute atomic E-state index is 12.1. The van der Waals surface area contributed by atoms with E-state index in [2.05, 4.69) is 5.32 Å². The quantitative estimate of drug-likeness (QED) is 0.787. The second-order valence-electron chi connectivity index (χ2n) is 5.09. The number of nitrogen functional groups attached to an aromatic ring is 1. The van der Waals surface area contributed by atoms with Gasteiger partial charge in [0.25, 0.3) is 0 Å². The van der Waals surface area contributed by atoms with Gasteiger partial charge in [0.2, 0.25) is 5.91 Å². The van der Waals surface area contributed by atoms with Crippen molar-refractivity contribution in [1.29, 1.82) is 0 Å². The molecule has 1 fully saturated rings. The number of anilines is 2. The van der Waals surface area contributed by atoms with Crippen LogP contribution in [-0.4, -0.2) is 5.91 Å². The summed E-state index contributed by atoms with van der Waals surface area (Å²) in [5.41, 5.74) is 9.49. The Morgan fingerprint density at radius 3 is 2.65 bits per heavy atom. The third-order valence-corrected chi connectivity index (χ3v) is 3.71. The van der Waals surface area contributed by atoms with E-state index in [9.17, 15) is 4.79 Å². The van der Waals surface area contributed by atoms with Crippen LogP contribution in [-0.2, 0) is 4.79 Å². The molecule has 1 amide bonds. The van der Waals surface area contributed by atoms with Crippen LogP contribution in [0.1, 0.15) is 30.9 Å². The van der Waals surface area contributed by atoms with Gasteiger partial charge < -0.3 is 11.1 Å². The smallest absolute Gasteiger partial charge is 0.227 e. The number of carbonyl (C=O) groups excluding carboxylic acids is 1. The minimum Gasteiger partial charge on any atom is -0.398 e. The summed E-state index contributed by atoms with van der Waals surface area (Å²) in [6.45, 7) is 5.94. The molecule has 3 heteroatoms. The van der Waals surface area contributed by atoms with Gasteiger partial charge in [-0.2, -0.15) is 0 Å². The molecule has 0 heterocycles. The lowest BCUT2D eigenvalue weighted by molar-refractivity contribution is -0.119. The second kappa shape index (κ2) is 4.40. The van der Waals surface area contributed by atoms with Crippen LogP contribution >= 0.6 is 0 Å². The van der Waals surface area contributed by atoms with Gasteiger partial charge in [-0.05, 0) is 49.8 Å². The Morgan fingerprint density at radius 1 is 1.41 bits per heavy atom. The Hall–Kier alpha value is -1.51. The number of aryl methyl sites for hydroxylation is 1. The summed E-state index contributed by atoms with van der Waals surface area (Å²) in [4.78, 5) is 12.1. The molecule has 0 aliphatic heterocycles. The number of hydrogen-bond donors (Lipinski definition) is 2. The lowest BCUT2D eigenvalue weighted by Crippen LogP contribution is -2.23. The van der Waals surface area contributed by atoms with E-state index in [1.807, 2.05) is 32.9 Å². The highest BCUT2D eigenvalue weighted by molar-refractivity contribution is 5.95. The first-order valence-corrected chi connectivity index (χ1v) is 6.17. The minimum absolute atomic E-state index is 0.107. The predicted octanol–water partition coefficient (Wildman–Crippen LogP) is 2.87. The SMILES string of the molecule is Cc1ccc(N)c(C)c1NC(=O)C(C)C1CC1. The van der Waals surface area contributed by atoms with Crippen molar-refractivity contribution >= 4 is 17.3 Å². The summed E-state index contributed by atoms with van der Waals surface area (Å²) in [5, 5.41) is 3.02. The summed E-state index contributed by atoms with van der Waals surface area (Å²) in [5.74, 6) is 0.802. The molecular weight excluding hydrogens is 212 g/mol. The fraction of sp³-hybridized carbons (Fsp3) is 0.500. The normalized spacial score (nSPS) is 16.6. The van der Waals surface area contributed by atoms with Gasteiger partial charge in [-0.25, -0.2) is 0 Å². The number of nitrogens with two attached hydrogens (primary N) is 1. The number of amides is 1. The minimum atomic E-state index is 0.107. The topological polar surface area (TPSA) is 55.1 Å². The number of rotatable bonds is 3. The van der Waals surface area contributed by atoms with E-state index in [0.29, 0.717) is 5.92 Å². The van der Waals surface area contributed by atoms with Gasteiger partial charge in [-0.1, -0.05) is 13.0 Å². The predicted molar refractivity (Wildman–Crippen MR) is 70.8 cm³/mol. The largest absolute Gasteiger partial charge is 0.398 e. The number of hydrogen-bond acceptors (Lipinski definition) is 2. The molecule has 2 rings (SSSR count). The zero-order valence-corrected chi connectivity index (χ0v) is 10.7. The molecule has 0 saturated heterocycles. The molecule has 0 radical (unpaired) electrons. The highest BCUT2D eigenvalue weighted by atomic mass is 16.1. The molecule has 3 nitrogen and oxygen atoms in total. The lowest BCUT2D eigenvalue weighted by Gasteiger charge is -2.16. The van der Waals surface area contributed by atoms with Crippen molar-refractivity contribution in [2.45, 2.75) is 33.6 Å². The van der Waals surface area contributed by atoms with Crippen LogP contribution < -0.4 is 11.1 Å². The molecule has 0 spiro atoms. The summed E-state index contributed by atoms with van der Waals surface area (Å²) in [7, 11) is 0. The molecule has 1 unspecified atom stereocenters. The Kier molecular flexibility index (Phi) is 3.09. The Balaban J connectivity index is 2.17. The van der Waals surface area contributed by atoms with Crippen molar-refractivity contribution < 1.29 is 4.79 Å². The first-order valence-electron chi connectivity index (χ1n) is 6.17. The molecule has 92 valence electrons. The third kappa shape index (κ3) is 2.43. The van der Waals surface area contributed by atoms with Crippen LogP contribution in [0.3, 0.4) is 0 Å². The molecule has 1 aromatic rings. The first kappa shape index (κ1) is 12.0. The Bertz CT molecular complexity index is 450. The van der Waals surface area contributed by atoms with E-state index in [0.717, 1.165) is 22.5 Å². The van der Waals surface area contributed by atoms with Crippen molar-refractivity contribution in [3.05, 3.63) is 23.3 Å². The standard InChI is InChI=1S/C14H20N2O/c1-8-4-7-12(15)10(3)13(8)16-14(17)9(2)11-5-6-11/h4,7,9,11H,5-6,15H2,1-3H3,(H,16,17). The van der Waals surface area contributed by atoms with Crippen LogP contribution in [0.5, 0.6) is 0 Å². The van der Waals surface area contributed by atoms with Gasteiger partial charge in [0.15, 0.2) is 0 Å². The van der Waals surface area contributed by atoms with Crippen LogP contribution in [0.25, 0.3) is 0 Å². The zero-order chi connectivity index (χ0) is 12.6. The van der Waals surface area contributed by atoms with E-state index in [-0.39, 0.29) is 11.8 Å². The van der Waals surface area contributed by atoms with Gasteiger partial charge in [0, 0.05) is 17.3 Å². The molecule has 1 aliphatic rings. The van der Waals surface area contributed by atoms with Crippen molar-refractivity contribution in [2.24, 2.45) is 11.8 Å². The molecule has 1 atom stereocenters. The number of carbonyl (C=O) groups is 1. The third-order valence-electron chi connectivity index (χ3n) is 3.71. The number of benzene rings is 1. The number of nitrogens with one attached hydrogen (secondary N) is 1. The maximum atomic E-state index is 12.1. The second-order valence-corrected chi connectivity index (χ2v) is 5.09. The Labute approximate surface area is 102 Å². The van der Waals surface area contributed by atoms with Gasteiger partial charge >= 0.3 is 0 Å². The van der Waals surface area contributed by atoms with Gasteiger partial charge in [-0.15, -0.1) is 0 Å². The van der Waals surface area contributed by atoms with Crippen LogP contribution in [0, 0.1) is 25.7 Å². The molecule has 0 bridgehead atoms. The Morgan fingerprint density at radius 2 is 2.06 bits per heavy atom.